The van der Waals surface area contributed by atoms with Crippen molar-refractivity contribution in [2.24, 2.45) is 0 Å². The van der Waals surface area contributed by atoms with Gasteiger partial charge in [-0.3, -0.25) is 9.59 Å². The van der Waals surface area contributed by atoms with E-state index in [4.69, 9.17) is 4.74 Å². The molecule has 329 valence electrons. The molecule has 2 fully saturated rings. The Morgan fingerprint density at radius 3 is 1.30 bits per heavy atom. The summed E-state index contributed by atoms with van der Waals surface area (Å²) >= 11 is 12.1. The molecule has 3 amide bonds. The number of halogens is 7. The average molecular weight is 1470 g/mol. The molecule has 2 saturated heterocycles. The molecule has 0 bridgehead atoms. The van der Waals surface area contributed by atoms with E-state index in [9.17, 15) is 23.2 Å². The first kappa shape index (κ1) is 57.3. The standard InChI is InChI=1S/C22H26FN3O3.C17H18FN3O.2CH3.5HI.2V/c1-22(2,3)29-21(28)26-14-12-25(13-15-26)19-10-4-16(5-11-19)20(27)24-18-8-6-17(23)7-9-18;18-14-3-5-15(6-4-14)20-17(22)13-1-7-16(8-2-13)21-11-9-19-10-12-21;;;;;;;;;/h4-11H,12-15H2,1-3H3,(H,24,27);1-8,19H,9-12H2,(H,20,22);2*1H3;5*1H;;/q;;2*-1;;;;;;+2;+3/p-5. The van der Waals surface area contributed by atoms with E-state index in [0.717, 1.165) is 37.6 Å². The van der Waals surface area contributed by atoms with Crippen LogP contribution in [0.3, 0.4) is 0 Å². The molecule has 4 aromatic carbocycles. The van der Waals surface area contributed by atoms with E-state index in [0.29, 0.717) is 58.1 Å². The summed E-state index contributed by atoms with van der Waals surface area (Å²) < 4.78 is 31.2. The van der Waals surface area contributed by atoms with E-state index in [-0.39, 0.29) is 49.3 Å². The third kappa shape index (κ3) is 22.3. The van der Waals surface area contributed by atoms with Gasteiger partial charge in [0.1, 0.15) is 17.2 Å². The van der Waals surface area contributed by atoms with Crippen LogP contribution in [0.2, 0.25) is 0 Å². The molecule has 0 aromatic heterocycles. The van der Waals surface area contributed by atoms with Gasteiger partial charge in [-0.15, -0.1) is 0 Å². The van der Waals surface area contributed by atoms with Gasteiger partial charge < -0.3 is 50.2 Å². The van der Waals surface area contributed by atoms with Crippen molar-refractivity contribution in [2.45, 2.75) is 26.4 Å². The summed E-state index contributed by atoms with van der Waals surface area (Å²) in [6, 6.07) is 26.2. The molecule has 3 N–H and O–H groups in total. The number of hydrogen-bond donors (Lipinski definition) is 3. The first-order valence-corrected chi connectivity index (χ1v) is 40.3. The number of anilines is 4. The Morgan fingerprint density at radius 1 is 0.633 bits per heavy atom. The van der Waals surface area contributed by atoms with Crippen LogP contribution in [0.1, 0.15) is 41.5 Å². The van der Waals surface area contributed by atoms with Crippen molar-refractivity contribution in [3.63, 3.8) is 0 Å². The SMILES string of the molecule is CC(C)(C)OC(=O)N1CCN(c2ccc(C(=O)Nc3ccc(F)cc3)cc2)CC1.O=C(Nc1ccc(F)cc1)c1ccc(N2CCNCC2)cc1.[CH3-].[CH3-].[I][V]([I])[I].[I][V][I]. The molecule has 10 nitrogen and oxygen atoms in total. The van der Waals surface area contributed by atoms with E-state index in [1.54, 1.807) is 29.2 Å². The van der Waals surface area contributed by atoms with Crippen molar-refractivity contribution >= 4 is 141 Å². The van der Waals surface area contributed by atoms with Gasteiger partial charge in [0, 0.05) is 86.2 Å². The fraction of sp³-hybridized carbons (Fsp3) is 0.293. The topological polar surface area (TPSA) is 106 Å². The summed E-state index contributed by atoms with van der Waals surface area (Å²) in [5.74, 6) is -1.12. The van der Waals surface area contributed by atoms with E-state index >= 15 is 0 Å². The van der Waals surface area contributed by atoms with E-state index in [1.807, 2.05) is 57.2 Å². The number of ether oxygens (including phenoxy) is 1. The van der Waals surface area contributed by atoms with Crippen molar-refractivity contribution in [1.82, 2.24) is 10.2 Å². The normalized spacial score (nSPS) is 13.2. The predicted octanol–water partition coefficient (Wildman–Crippen LogP) is 11.9. The molecule has 19 heteroatoms. The van der Waals surface area contributed by atoms with Gasteiger partial charge in [-0.2, -0.15) is 0 Å². The van der Waals surface area contributed by atoms with Gasteiger partial charge in [-0.1, -0.05) is 0 Å². The summed E-state index contributed by atoms with van der Waals surface area (Å²) in [5.41, 5.74) is 3.84. The number of carbonyl (C=O) groups is 3. The first-order chi connectivity index (χ1) is 27.6. The number of amides is 3. The number of nitrogens with one attached hydrogen (secondary N) is 3. The Balaban J connectivity index is 0.000000516. The van der Waals surface area contributed by atoms with Crippen LogP contribution in [0.5, 0.6) is 0 Å². The molecule has 2 aliphatic heterocycles. The molecule has 4 aromatic rings. The Labute approximate surface area is 421 Å². The summed E-state index contributed by atoms with van der Waals surface area (Å²) in [4.78, 5) is 42.6. The number of benzene rings is 4. The predicted molar refractivity (Wildman–Crippen MR) is 280 cm³/mol. The molecule has 60 heavy (non-hydrogen) atoms. The first-order valence-electron chi connectivity index (χ1n) is 17.8. The van der Waals surface area contributed by atoms with Crippen LogP contribution in [0.4, 0.5) is 36.3 Å². The van der Waals surface area contributed by atoms with Gasteiger partial charge in [0.15, 0.2) is 0 Å². The van der Waals surface area contributed by atoms with Crippen LogP contribution in [0.15, 0.2) is 97.1 Å². The zero-order valence-electron chi connectivity index (χ0n) is 33.9. The fourth-order valence-corrected chi connectivity index (χ4v) is 5.52. The summed E-state index contributed by atoms with van der Waals surface area (Å²) in [7, 11) is 0.628. The van der Waals surface area contributed by atoms with Crippen LogP contribution < -0.4 is 25.8 Å². The van der Waals surface area contributed by atoms with Crippen molar-refractivity contribution in [3.8, 4) is 0 Å². The maximum absolute atomic E-state index is 13.0. The van der Waals surface area contributed by atoms with Crippen LogP contribution in [-0.4, -0.2) is 80.8 Å². The van der Waals surface area contributed by atoms with Gasteiger partial charge in [-0.25, -0.2) is 13.6 Å². The summed E-state index contributed by atoms with van der Waals surface area (Å²) in [6.07, 6.45) is -0.287. The summed E-state index contributed by atoms with van der Waals surface area (Å²) in [6.45, 7) is 12.0. The minimum atomic E-state index is -0.501. The molecule has 0 radical (unpaired) electrons. The van der Waals surface area contributed by atoms with E-state index in [2.05, 4.69) is 126 Å². The minimum absolute atomic E-state index is 0. The van der Waals surface area contributed by atoms with Gasteiger partial charge in [0.2, 0.25) is 0 Å². The van der Waals surface area contributed by atoms with Gasteiger partial charge in [-0.05, 0) is 118 Å². The zero-order chi connectivity index (χ0) is 42.7. The Kier molecular flexibility index (Phi) is 29.1. The maximum atomic E-state index is 13.0. The third-order valence-electron chi connectivity index (χ3n) is 8.24. The van der Waals surface area contributed by atoms with Crippen molar-refractivity contribution in [2.75, 3.05) is 72.8 Å². The van der Waals surface area contributed by atoms with E-state index in [1.165, 1.54) is 36.4 Å². The average Bonchev–Trinajstić information content (AvgIpc) is 3.20. The molecule has 2 heterocycles. The van der Waals surface area contributed by atoms with Gasteiger partial charge in [0.25, 0.3) is 11.8 Å². The van der Waals surface area contributed by atoms with Gasteiger partial charge >= 0.3 is 120 Å². The van der Waals surface area contributed by atoms with Crippen LogP contribution in [0, 0.1) is 26.5 Å². The van der Waals surface area contributed by atoms with E-state index < -0.39 is 5.60 Å². The molecule has 6 rings (SSSR count). The fourth-order valence-electron chi connectivity index (χ4n) is 5.52. The molecular weight excluding hydrogens is 1410 g/mol. The second kappa shape index (κ2) is 30.5. The van der Waals surface area contributed by atoms with Crippen LogP contribution >= 0.6 is 99.9 Å². The number of piperazine rings is 2. The van der Waals surface area contributed by atoms with Gasteiger partial charge in [0.05, 0.1) is 0 Å². The monoisotopic (exact) mass is 1460 g/mol. The molecule has 0 spiro atoms. The third-order valence-corrected chi connectivity index (χ3v) is 8.24. The Bertz CT molecular complexity index is 1850. The second-order valence-corrected chi connectivity index (χ2v) is 60.6. The van der Waals surface area contributed by atoms with Crippen LogP contribution in [-0.2, 0) is 19.1 Å². The van der Waals surface area contributed by atoms with Crippen molar-refractivity contribution < 1.29 is 42.3 Å². The van der Waals surface area contributed by atoms with Crippen LogP contribution in [0.25, 0.3) is 0 Å². The molecular formula is C41H50F2I5N6O4V2-2. The zero-order valence-corrected chi connectivity index (χ0v) is 47.5. The number of carbonyl (C=O) groups excluding carboxylic acids is 3. The number of nitrogens with zero attached hydrogens (tertiary/aromatic N) is 3. The molecule has 2 aliphatic rings. The molecule has 0 saturated carbocycles. The van der Waals surface area contributed by atoms with Crippen molar-refractivity contribution in [1.29, 1.82) is 0 Å². The molecule has 0 atom stereocenters. The number of rotatable bonds is 6. The number of hydrogen-bond acceptors (Lipinski definition) is 7. The summed E-state index contributed by atoms with van der Waals surface area (Å²) in [5, 5.41) is 8.81. The Morgan fingerprint density at radius 2 is 0.967 bits per heavy atom. The Hall–Kier alpha value is -0.671. The quantitative estimate of drug-likeness (QED) is 0.130. The molecule has 0 aliphatic carbocycles. The van der Waals surface area contributed by atoms with Crippen molar-refractivity contribution in [3.05, 3.63) is 135 Å². The second-order valence-electron chi connectivity index (χ2n) is 13.5. The molecule has 0 unspecified atom stereocenters.